The van der Waals surface area contributed by atoms with Gasteiger partial charge < -0.3 is 10.0 Å². The molecule has 1 saturated heterocycles. The maximum Gasteiger partial charge on any atom is 0.335 e. The van der Waals surface area contributed by atoms with E-state index in [0.29, 0.717) is 6.54 Å². The van der Waals surface area contributed by atoms with E-state index in [9.17, 15) is 13.2 Å². The first kappa shape index (κ1) is 15.9. The van der Waals surface area contributed by atoms with Gasteiger partial charge in [-0.25, -0.2) is 13.2 Å². The van der Waals surface area contributed by atoms with E-state index in [0.717, 1.165) is 19.4 Å². The third-order valence-electron chi connectivity index (χ3n) is 3.95. The lowest BCUT2D eigenvalue weighted by molar-refractivity contribution is 0.0696. The number of rotatable bonds is 5. The second kappa shape index (κ2) is 6.13. The van der Waals surface area contributed by atoms with E-state index in [1.807, 2.05) is 7.05 Å². The zero-order chi connectivity index (χ0) is 15.6. The highest BCUT2D eigenvalue weighted by molar-refractivity contribution is 7.89. The van der Waals surface area contributed by atoms with Crippen molar-refractivity contribution in [2.24, 2.45) is 0 Å². The molecule has 1 aromatic carbocycles. The van der Waals surface area contributed by atoms with Crippen LogP contribution in [-0.2, 0) is 10.0 Å². The number of carbonyl (C=O) groups is 1. The van der Waals surface area contributed by atoms with Crippen molar-refractivity contribution in [2.45, 2.75) is 23.8 Å². The number of aromatic carboxylic acids is 1. The predicted octanol–water partition coefficient (Wildman–Crippen LogP) is 1.10. The van der Waals surface area contributed by atoms with Crippen LogP contribution in [0.3, 0.4) is 0 Å². The van der Waals surface area contributed by atoms with Crippen LogP contribution in [0.4, 0.5) is 0 Å². The molecule has 0 aliphatic carbocycles. The van der Waals surface area contributed by atoms with E-state index in [-0.39, 0.29) is 16.5 Å². The minimum Gasteiger partial charge on any atom is -0.478 e. The van der Waals surface area contributed by atoms with Crippen LogP contribution in [0.25, 0.3) is 0 Å². The van der Waals surface area contributed by atoms with E-state index < -0.39 is 16.0 Å². The van der Waals surface area contributed by atoms with Crippen molar-refractivity contribution in [3.8, 4) is 0 Å². The van der Waals surface area contributed by atoms with Crippen LogP contribution in [0.15, 0.2) is 29.2 Å². The van der Waals surface area contributed by atoms with Crippen LogP contribution in [0.5, 0.6) is 0 Å². The molecule has 1 fully saturated rings. The summed E-state index contributed by atoms with van der Waals surface area (Å²) in [7, 11) is -0.0167. The molecule has 0 bridgehead atoms. The lowest BCUT2D eigenvalue weighted by Crippen LogP contribution is -2.39. The number of carboxylic acid groups (broad SMARTS) is 1. The van der Waals surface area contributed by atoms with Crippen LogP contribution in [0.2, 0.25) is 0 Å². The van der Waals surface area contributed by atoms with Crippen LogP contribution in [-0.4, -0.2) is 61.9 Å². The van der Waals surface area contributed by atoms with E-state index >= 15 is 0 Å². The summed E-state index contributed by atoms with van der Waals surface area (Å²) in [6.45, 7) is 1.44. The quantitative estimate of drug-likeness (QED) is 0.881. The Balaban J connectivity index is 2.14. The number of hydrogen-bond acceptors (Lipinski definition) is 4. The van der Waals surface area contributed by atoms with Gasteiger partial charge >= 0.3 is 5.97 Å². The number of likely N-dealkylation sites (N-methyl/N-ethyl adjacent to an activating group) is 2. The molecule has 0 spiro atoms. The molecular formula is C14H20N2O4S. The van der Waals surface area contributed by atoms with Gasteiger partial charge in [-0.05, 0) is 50.7 Å². The molecule has 6 nitrogen and oxygen atoms in total. The van der Waals surface area contributed by atoms with Gasteiger partial charge in [0.1, 0.15) is 0 Å². The third kappa shape index (κ3) is 3.42. The van der Waals surface area contributed by atoms with E-state index in [1.54, 1.807) is 7.05 Å². The van der Waals surface area contributed by atoms with Crippen molar-refractivity contribution >= 4 is 16.0 Å². The molecule has 0 saturated carbocycles. The Morgan fingerprint density at radius 2 is 2.00 bits per heavy atom. The first-order valence-corrected chi connectivity index (χ1v) is 8.26. The van der Waals surface area contributed by atoms with Gasteiger partial charge in [0.05, 0.1) is 10.5 Å². The maximum atomic E-state index is 12.5. The predicted molar refractivity (Wildman–Crippen MR) is 78.9 cm³/mol. The number of carboxylic acids is 1. The van der Waals surface area contributed by atoms with E-state index in [4.69, 9.17) is 5.11 Å². The molecule has 7 heteroatoms. The molecule has 0 amide bonds. The van der Waals surface area contributed by atoms with Crippen LogP contribution < -0.4 is 0 Å². The van der Waals surface area contributed by atoms with Crippen molar-refractivity contribution < 1.29 is 18.3 Å². The molecule has 21 heavy (non-hydrogen) atoms. The van der Waals surface area contributed by atoms with Crippen molar-refractivity contribution in [3.05, 3.63) is 29.8 Å². The van der Waals surface area contributed by atoms with Gasteiger partial charge in [0.15, 0.2) is 0 Å². The van der Waals surface area contributed by atoms with E-state index in [1.165, 1.54) is 28.6 Å². The smallest absolute Gasteiger partial charge is 0.335 e. The zero-order valence-electron chi connectivity index (χ0n) is 12.2. The van der Waals surface area contributed by atoms with Gasteiger partial charge in [0.2, 0.25) is 10.0 Å². The van der Waals surface area contributed by atoms with Crippen molar-refractivity contribution in [1.29, 1.82) is 0 Å². The molecule has 1 aliphatic rings. The molecule has 0 aromatic heterocycles. The number of likely N-dealkylation sites (tertiary alicyclic amines) is 1. The normalized spacial score (nSPS) is 20.0. The van der Waals surface area contributed by atoms with E-state index in [2.05, 4.69) is 4.90 Å². The number of nitrogens with zero attached hydrogens (tertiary/aromatic N) is 2. The fourth-order valence-corrected chi connectivity index (χ4v) is 3.76. The number of hydrogen-bond donors (Lipinski definition) is 1. The fraction of sp³-hybridized carbons (Fsp3) is 0.500. The first-order chi connectivity index (χ1) is 9.82. The first-order valence-electron chi connectivity index (χ1n) is 6.82. The summed E-state index contributed by atoms with van der Waals surface area (Å²) in [5.74, 6) is -1.07. The molecule has 116 valence electrons. The molecule has 1 aliphatic heterocycles. The van der Waals surface area contributed by atoms with Crippen molar-refractivity contribution in [3.63, 3.8) is 0 Å². The molecule has 2 rings (SSSR count). The highest BCUT2D eigenvalue weighted by Gasteiger charge is 2.28. The molecule has 1 unspecified atom stereocenters. The van der Waals surface area contributed by atoms with Gasteiger partial charge in [-0.1, -0.05) is 0 Å². The second-order valence-electron chi connectivity index (χ2n) is 5.39. The van der Waals surface area contributed by atoms with Crippen molar-refractivity contribution in [1.82, 2.24) is 9.21 Å². The van der Waals surface area contributed by atoms with Gasteiger partial charge in [-0.2, -0.15) is 4.31 Å². The lowest BCUT2D eigenvalue weighted by Gasteiger charge is -2.25. The number of sulfonamides is 1. The average molecular weight is 312 g/mol. The maximum absolute atomic E-state index is 12.5. The summed E-state index contributed by atoms with van der Waals surface area (Å²) in [6, 6.07) is 5.54. The van der Waals surface area contributed by atoms with Crippen LogP contribution in [0, 0.1) is 0 Å². The van der Waals surface area contributed by atoms with Gasteiger partial charge in [0.25, 0.3) is 0 Å². The summed E-state index contributed by atoms with van der Waals surface area (Å²) in [6.07, 6.45) is 2.08. The summed E-state index contributed by atoms with van der Waals surface area (Å²) in [5, 5.41) is 8.84. The summed E-state index contributed by atoms with van der Waals surface area (Å²) in [4.78, 5) is 13.1. The standard InChI is InChI=1S/C14H20N2O4S/c1-15-9-3-4-12(15)10-16(2)21(19,20)13-7-5-11(6-8-13)14(17)18/h5-8,12H,3-4,9-10H2,1-2H3,(H,17,18). The minimum atomic E-state index is -3.58. The minimum absolute atomic E-state index is 0.0760. The SMILES string of the molecule is CN1CCCC1CN(C)S(=O)(=O)c1ccc(C(=O)O)cc1. The second-order valence-corrected chi connectivity index (χ2v) is 7.44. The highest BCUT2D eigenvalue weighted by Crippen LogP contribution is 2.20. The van der Waals surface area contributed by atoms with Crippen LogP contribution in [0.1, 0.15) is 23.2 Å². The van der Waals surface area contributed by atoms with Crippen LogP contribution >= 0.6 is 0 Å². The molecule has 1 heterocycles. The zero-order valence-corrected chi connectivity index (χ0v) is 13.0. The Hall–Kier alpha value is -1.44. The molecule has 1 aromatic rings. The molecule has 1 atom stereocenters. The van der Waals surface area contributed by atoms with Crippen molar-refractivity contribution in [2.75, 3.05) is 27.2 Å². The molecule has 1 N–H and O–H groups in total. The highest BCUT2D eigenvalue weighted by atomic mass is 32.2. The molecular weight excluding hydrogens is 292 g/mol. The molecule has 0 radical (unpaired) electrons. The largest absolute Gasteiger partial charge is 0.478 e. The number of benzene rings is 1. The Labute approximate surface area is 125 Å². The Morgan fingerprint density at radius 1 is 1.38 bits per heavy atom. The van der Waals surface area contributed by atoms with Gasteiger partial charge in [-0.15, -0.1) is 0 Å². The fourth-order valence-electron chi connectivity index (χ4n) is 2.55. The Morgan fingerprint density at radius 3 is 2.48 bits per heavy atom. The Kier molecular flexibility index (Phi) is 4.65. The topological polar surface area (TPSA) is 77.9 Å². The Bertz CT molecular complexity index is 612. The third-order valence-corrected chi connectivity index (χ3v) is 5.79. The summed E-state index contributed by atoms with van der Waals surface area (Å²) >= 11 is 0. The monoisotopic (exact) mass is 312 g/mol. The summed E-state index contributed by atoms with van der Waals surface area (Å²) in [5.41, 5.74) is 0.0760. The average Bonchev–Trinajstić information content (AvgIpc) is 2.84. The van der Waals surface area contributed by atoms with Gasteiger partial charge in [-0.3, -0.25) is 0 Å². The summed E-state index contributed by atoms with van der Waals surface area (Å²) < 4.78 is 26.3. The van der Waals surface area contributed by atoms with Gasteiger partial charge in [0, 0.05) is 19.6 Å². The lowest BCUT2D eigenvalue weighted by atomic mass is 10.2.